The zero-order valence-corrected chi connectivity index (χ0v) is 14.7. The van der Waals surface area contributed by atoms with Crippen molar-refractivity contribution in [1.29, 1.82) is 0 Å². The lowest BCUT2D eigenvalue weighted by atomic mass is 10.2. The van der Waals surface area contributed by atoms with Crippen LogP contribution in [0.15, 0.2) is 71.4 Å². The summed E-state index contributed by atoms with van der Waals surface area (Å²) in [6.07, 6.45) is 7.40. The summed E-state index contributed by atoms with van der Waals surface area (Å²) in [5.41, 5.74) is 2.18. The van der Waals surface area contributed by atoms with E-state index in [4.69, 9.17) is 9.47 Å². The Morgan fingerprint density at radius 1 is 1.00 bits per heavy atom. The van der Waals surface area contributed by atoms with Crippen molar-refractivity contribution >= 4 is 24.0 Å². The predicted molar refractivity (Wildman–Crippen MR) is 104 cm³/mol. The standard InChI is InChI=1S/C22H21NO3/c1-2-3-15-25-19-12-9-18(10-13-19)16-20-22(24)26-21(23-20)14-11-17-7-5-4-6-8-17/h4-14,16H,2-3,15H2,1H3/b14-11+,20-16+. The Labute approximate surface area is 153 Å². The third-order valence-electron chi connectivity index (χ3n) is 3.81. The van der Waals surface area contributed by atoms with Gasteiger partial charge in [0.05, 0.1) is 6.61 Å². The highest BCUT2D eigenvalue weighted by Gasteiger charge is 2.21. The van der Waals surface area contributed by atoms with Crippen LogP contribution in [0.1, 0.15) is 30.9 Å². The molecule has 1 aliphatic rings. The molecule has 1 aliphatic heterocycles. The molecule has 0 bridgehead atoms. The molecular weight excluding hydrogens is 326 g/mol. The summed E-state index contributed by atoms with van der Waals surface area (Å²) < 4.78 is 10.8. The van der Waals surface area contributed by atoms with Gasteiger partial charge in [-0.25, -0.2) is 9.79 Å². The smallest absolute Gasteiger partial charge is 0.363 e. The minimum absolute atomic E-state index is 0.289. The van der Waals surface area contributed by atoms with Crippen LogP contribution in [0.3, 0.4) is 0 Å². The van der Waals surface area contributed by atoms with E-state index in [1.807, 2.05) is 60.7 Å². The van der Waals surface area contributed by atoms with E-state index >= 15 is 0 Å². The van der Waals surface area contributed by atoms with Crippen LogP contribution in [0.25, 0.3) is 12.2 Å². The van der Waals surface area contributed by atoms with Gasteiger partial charge >= 0.3 is 5.97 Å². The van der Waals surface area contributed by atoms with Gasteiger partial charge in [0.1, 0.15) is 5.75 Å². The Hall–Kier alpha value is -3.14. The van der Waals surface area contributed by atoms with Crippen molar-refractivity contribution < 1.29 is 14.3 Å². The number of unbranched alkanes of at least 4 members (excludes halogenated alkanes) is 1. The number of benzene rings is 2. The number of hydrogen-bond donors (Lipinski definition) is 0. The van der Waals surface area contributed by atoms with E-state index in [0.29, 0.717) is 12.5 Å². The van der Waals surface area contributed by atoms with E-state index in [1.54, 1.807) is 12.2 Å². The average molecular weight is 347 g/mol. The molecule has 2 aromatic carbocycles. The maximum absolute atomic E-state index is 12.0. The number of carbonyl (C=O) groups is 1. The molecular formula is C22H21NO3. The number of esters is 1. The van der Waals surface area contributed by atoms with E-state index < -0.39 is 5.97 Å². The van der Waals surface area contributed by atoms with Gasteiger partial charge in [-0.05, 0) is 41.8 Å². The molecule has 4 heteroatoms. The Morgan fingerprint density at radius 2 is 1.77 bits per heavy atom. The van der Waals surface area contributed by atoms with Gasteiger partial charge in [0.2, 0.25) is 5.90 Å². The van der Waals surface area contributed by atoms with Crippen LogP contribution in [0, 0.1) is 0 Å². The van der Waals surface area contributed by atoms with E-state index in [2.05, 4.69) is 11.9 Å². The highest BCUT2D eigenvalue weighted by atomic mass is 16.6. The van der Waals surface area contributed by atoms with E-state index in [9.17, 15) is 4.79 Å². The van der Waals surface area contributed by atoms with Gasteiger partial charge < -0.3 is 9.47 Å². The van der Waals surface area contributed by atoms with Gasteiger partial charge in [0.15, 0.2) is 5.70 Å². The lowest BCUT2D eigenvalue weighted by Crippen LogP contribution is -2.01. The number of rotatable bonds is 7. The Morgan fingerprint density at radius 3 is 2.50 bits per heavy atom. The minimum atomic E-state index is -0.444. The summed E-state index contributed by atoms with van der Waals surface area (Å²) in [7, 11) is 0. The highest BCUT2D eigenvalue weighted by Crippen LogP contribution is 2.19. The van der Waals surface area contributed by atoms with Gasteiger partial charge in [-0.1, -0.05) is 55.8 Å². The fourth-order valence-electron chi connectivity index (χ4n) is 2.38. The van der Waals surface area contributed by atoms with Crippen molar-refractivity contribution in [2.75, 3.05) is 6.61 Å². The fraction of sp³-hybridized carbons (Fsp3) is 0.182. The van der Waals surface area contributed by atoms with Crippen molar-refractivity contribution in [3.8, 4) is 5.75 Å². The third-order valence-corrected chi connectivity index (χ3v) is 3.81. The zero-order valence-electron chi connectivity index (χ0n) is 14.7. The molecule has 0 fully saturated rings. The predicted octanol–water partition coefficient (Wildman–Crippen LogP) is 4.88. The van der Waals surface area contributed by atoms with Crippen molar-refractivity contribution in [1.82, 2.24) is 0 Å². The third kappa shape index (κ3) is 4.93. The molecule has 4 nitrogen and oxygen atoms in total. The van der Waals surface area contributed by atoms with Gasteiger partial charge in [-0.15, -0.1) is 0 Å². The normalized spacial score (nSPS) is 15.3. The molecule has 2 aromatic rings. The summed E-state index contributed by atoms with van der Waals surface area (Å²) in [5, 5.41) is 0. The largest absolute Gasteiger partial charge is 0.494 e. The molecule has 0 aliphatic carbocycles. The SMILES string of the molecule is CCCCOc1ccc(/C=C2N=C(/C=C/c3ccccc3)OC/2=O)cc1. The molecule has 0 saturated carbocycles. The second-order valence-corrected chi connectivity index (χ2v) is 5.88. The molecule has 0 spiro atoms. The molecule has 0 saturated heterocycles. The maximum atomic E-state index is 12.0. The Balaban J connectivity index is 1.67. The summed E-state index contributed by atoms with van der Waals surface area (Å²) in [4.78, 5) is 16.2. The van der Waals surface area contributed by atoms with E-state index in [-0.39, 0.29) is 5.70 Å². The van der Waals surface area contributed by atoms with Gasteiger partial charge in [0, 0.05) is 6.08 Å². The number of carbonyl (C=O) groups excluding carboxylic acids is 1. The lowest BCUT2D eigenvalue weighted by Gasteiger charge is -2.05. The molecule has 1 heterocycles. The molecule has 0 atom stereocenters. The van der Waals surface area contributed by atoms with Crippen molar-refractivity contribution in [2.24, 2.45) is 4.99 Å². The summed E-state index contributed by atoms with van der Waals surface area (Å²) >= 11 is 0. The monoisotopic (exact) mass is 347 g/mol. The molecule has 0 N–H and O–H groups in total. The molecule has 0 amide bonds. The molecule has 0 radical (unpaired) electrons. The topological polar surface area (TPSA) is 47.9 Å². The first-order chi connectivity index (χ1) is 12.7. The quantitative estimate of drug-likeness (QED) is 0.408. The van der Waals surface area contributed by atoms with Crippen molar-refractivity contribution in [3.05, 3.63) is 77.5 Å². The minimum Gasteiger partial charge on any atom is -0.494 e. The number of hydrogen-bond acceptors (Lipinski definition) is 4. The number of nitrogens with zero attached hydrogens (tertiary/aromatic N) is 1. The Kier molecular flexibility index (Phi) is 5.99. The van der Waals surface area contributed by atoms with Crippen molar-refractivity contribution in [3.63, 3.8) is 0 Å². The number of ether oxygens (including phenoxy) is 2. The van der Waals surface area contributed by atoms with E-state index in [0.717, 1.165) is 29.7 Å². The van der Waals surface area contributed by atoms with Crippen LogP contribution in [-0.4, -0.2) is 18.5 Å². The lowest BCUT2D eigenvalue weighted by molar-refractivity contribution is -0.129. The van der Waals surface area contributed by atoms with Gasteiger partial charge in [-0.2, -0.15) is 0 Å². The first-order valence-corrected chi connectivity index (χ1v) is 8.73. The van der Waals surface area contributed by atoms with Crippen LogP contribution < -0.4 is 4.74 Å². The van der Waals surface area contributed by atoms with Gasteiger partial charge in [0.25, 0.3) is 0 Å². The fourth-order valence-corrected chi connectivity index (χ4v) is 2.38. The first kappa shape index (κ1) is 17.7. The zero-order chi connectivity index (χ0) is 18.2. The average Bonchev–Trinajstić information content (AvgIpc) is 3.02. The highest BCUT2D eigenvalue weighted by molar-refractivity contribution is 6.11. The first-order valence-electron chi connectivity index (χ1n) is 8.73. The van der Waals surface area contributed by atoms with E-state index in [1.165, 1.54) is 0 Å². The van der Waals surface area contributed by atoms with Crippen LogP contribution >= 0.6 is 0 Å². The maximum Gasteiger partial charge on any atom is 0.363 e. The number of aliphatic imine (C=N–C) groups is 1. The molecule has 3 rings (SSSR count). The van der Waals surface area contributed by atoms with Gasteiger partial charge in [-0.3, -0.25) is 0 Å². The molecule has 26 heavy (non-hydrogen) atoms. The van der Waals surface area contributed by atoms with Crippen LogP contribution in [-0.2, 0) is 9.53 Å². The molecule has 0 unspecified atom stereocenters. The van der Waals surface area contributed by atoms with Crippen molar-refractivity contribution in [2.45, 2.75) is 19.8 Å². The second kappa shape index (κ2) is 8.81. The summed E-state index contributed by atoms with van der Waals surface area (Å²) in [6.45, 7) is 2.84. The summed E-state index contributed by atoms with van der Waals surface area (Å²) in [6, 6.07) is 17.4. The van der Waals surface area contributed by atoms with Crippen LogP contribution in [0.2, 0.25) is 0 Å². The van der Waals surface area contributed by atoms with Crippen LogP contribution in [0.5, 0.6) is 5.75 Å². The Bertz CT molecular complexity index is 833. The number of cyclic esters (lactones) is 1. The second-order valence-electron chi connectivity index (χ2n) is 5.88. The summed E-state index contributed by atoms with van der Waals surface area (Å²) in [5.74, 6) is 0.676. The van der Waals surface area contributed by atoms with Crippen LogP contribution in [0.4, 0.5) is 0 Å². The molecule has 0 aromatic heterocycles. The molecule has 132 valence electrons.